The third-order valence-corrected chi connectivity index (χ3v) is 5.38. The van der Waals surface area contributed by atoms with Crippen LogP contribution in [0.5, 0.6) is 0 Å². The minimum atomic E-state index is -0.430. The van der Waals surface area contributed by atoms with Crippen molar-refractivity contribution in [3.05, 3.63) is 16.9 Å². The molecule has 1 aromatic heterocycles. The van der Waals surface area contributed by atoms with Crippen molar-refractivity contribution < 1.29 is 9.53 Å². The second-order valence-corrected chi connectivity index (χ2v) is 9.06. The standard InChI is InChI=1S/C18H29BrN4O2/c1-18(2,3)25-17(24)22-8-4-5-16(22)13-21-9-6-15(7-10-21)23-12-14(19)11-20-23/h11-12,15-16H,4-10,13H2,1-3H3/t16-/m1/s1. The van der Waals surface area contributed by atoms with Gasteiger partial charge in [-0.1, -0.05) is 0 Å². The molecule has 2 aliphatic rings. The molecule has 2 saturated heterocycles. The molecule has 1 atom stereocenters. The number of aromatic nitrogens is 2. The molecule has 1 amide bonds. The molecule has 0 N–H and O–H groups in total. The van der Waals surface area contributed by atoms with Gasteiger partial charge in [-0.25, -0.2) is 4.79 Å². The predicted molar refractivity (Wildman–Crippen MR) is 101 cm³/mol. The van der Waals surface area contributed by atoms with Gasteiger partial charge in [-0.3, -0.25) is 4.68 Å². The van der Waals surface area contributed by atoms with Gasteiger partial charge in [0.25, 0.3) is 0 Å². The van der Waals surface area contributed by atoms with Crippen LogP contribution in [-0.4, -0.2) is 63.5 Å². The van der Waals surface area contributed by atoms with Gasteiger partial charge < -0.3 is 14.5 Å². The molecule has 3 rings (SSSR count). The van der Waals surface area contributed by atoms with Crippen molar-refractivity contribution in [3.63, 3.8) is 0 Å². The number of nitrogens with zero attached hydrogens (tertiary/aromatic N) is 4. The van der Waals surface area contributed by atoms with Crippen molar-refractivity contribution >= 4 is 22.0 Å². The number of likely N-dealkylation sites (tertiary alicyclic amines) is 2. The van der Waals surface area contributed by atoms with Crippen molar-refractivity contribution in [1.82, 2.24) is 19.6 Å². The molecule has 0 unspecified atom stereocenters. The number of ether oxygens (including phenoxy) is 1. The molecule has 7 heteroatoms. The Morgan fingerprint density at radius 1 is 1.28 bits per heavy atom. The van der Waals surface area contributed by atoms with E-state index in [9.17, 15) is 4.79 Å². The highest BCUT2D eigenvalue weighted by Gasteiger charge is 2.34. The van der Waals surface area contributed by atoms with E-state index in [-0.39, 0.29) is 12.1 Å². The van der Waals surface area contributed by atoms with Crippen LogP contribution < -0.4 is 0 Å². The third kappa shape index (κ3) is 4.97. The fraction of sp³-hybridized carbons (Fsp3) is 0.778. The van der Waals surface area contributed by atoms with E-state index in [0.717, 1.165) is 56.3 Å². The van der Waals surface area contributed by atoms with Crippen molar-refractivity contribution in [2.45, 2.75) is 64.1 Å². The average molecular weight is 413 g/mol. The highest BCUT2D eigenvalue weighted by Crippen LogP contribution is 2.26. The van der Waals surface area contributed by atoms with Crippen molar-refractivity contribution in [1.29, 1.82) is 0 Å². The summed E-state index contributed by atoms with van der Waals surface area (Å²) >= 11 is 3.47. The molecule has 0 spiro atoms. The van der Waals surface area contributed by atoms with Gasteiger partial charge in [0.15, 0.2) is 0 Å². The lowest BCUT2D eigenvalue weighted by atomic mass is 10.0. The Morgan fingerprint density at radius 3 is 2.60 bits per heavy atom. The van der Waals surface area contributed by atoms with Gasteiger partial charge in [0.2, 0.25) is 0 Å². The van der Waals surface area contributed by atoms with Crippen LogP contribution in [0.1, 0.15) is 52.5 Å². The van der Waals surface area contributed by atoms with Crippen LogP contribution >= 0.6 is 15.9 Å². The first-order chi connectivity index (χ1) is 11.8. The van der Waals surface area contributed by atoms with Gasteiger partial charge in [-0.2, -0.15) is 5.10 Å². The van der Waals surface area contributed by atoms with Crippen LogP contribution in [0.3, 0.4) is 0 Å². The Kier molecular flexibility index (Phi) is 5.73. The number of amides is 1. The summed E-state index contributed by atoms with van der Waals surface area (Å²) in [5.74, 6) is 0. The van der Waals surface area contributed by atoms with Crippen LogP contribution in [0.4, 0.5) is 4.79 Å². The Bertz CT molecular complexity index is 590. The molecule has 1 aromatic rings. The van der Waals surface area contributed by atoms with E-state index in [1.54, 1.807) is 0 Å². The monoisotopic (exact) mass is 412 g/mol. The lowest BCUT2D eigenvalue weighted by Crippen LogP contribution is -2.47. The molecule has 6 nitrogen and oxygen atoms in total. The summed E-state index contributed by atoms with van der Waals surface area (Å²) in [5.41, 5.74) is -0.430. The van der Waals surface area contributed by atoms with E-state index in [2.05, 4.69) is 36.8 Å². The van der Waals surface area contributed by atoms with Crippen molar-refractivity contribution in [2.24, 2.45) is 0 Å². The first-order valence-corrected chi connectivity index (χ1v) is 10.0. The SMILES string of the molecule is CC(C)(C)OC(=O)N1CCC[C@@H]1CN1CCC(n2cc(Br)cn2)CC1. The molecule has 0 aromatic carbocycles. The van der Waals surface area contributed by atoms with Crippen LogP contribution in [0.15, 0.2) is 16.9 Å². The molecular formula is C18H29BrN4O2. The lowest BCUT2D eigenvalue weighted by molar-refractivity contribution is 0.0185. The Morgan fingerprint density at radius 2 is 2.00 bits per heavy atom. The van der Waals surface area contributed by atoms with E-state index >= 15 is 0 Å². The van der Waals surface area contributed by atoms with Crippen LogP contribution in [-0.2, 0) is 4.74 Å². The highest BCUT2D eigenvalue weighted by atomic mass is 79.9. The minimum absolute atomic E-state index is 0.161. The fourth-order valence-electron chi connectivity index (χ4n) is 3.77. The molecule has 25 heavy (non-hydrogen) atoms. The molecule has 0 aliphatic carbocycles. The smallest absolute Gasteiger partial charge is 0.410 e. The van der Waals surface area contributed by atoms with Gasteiger partial charge >= 0.3 is 6.09 Å². The number of hydrogen-bond acceptors (Lipinski definition) is 4. The number of carbonyl (C=O) groups is 1. The second kappa shape index (κ2) is 7.66. The van der Waals surface area contributed by atoms with Gasteiger partial charge in [0.05, 0.1) is 16.7 Å². The first-order valence-electron chi connectivity index (χ1n) is 9.23. The summed E-state index contributed by atoms with van der Waals surface area (Å²) in [6.45, 7) is 9.66. The summed E-state index contributed by atoms with van der Waals surface area (Å²) < 4.78 is 8.68. The predicted octanol–water partition coefficient (Wildman–Crippen LogP) is 3.68. The number of rotatable bonds is 3. The second-order valence-electron chi connectivity index (χ2n) is 8.14. The molecular weight excluding hydrogens is 384 g/mol. The zero-order valence-electron chi connectivity index (χ0n) is 15.4. The molecule has 0 radical (unpaired) electrons. The molecule has 0 saturated carbocycles. The minimum Gasteiger partial charge on any atom is -0.444 e. The Balaban J connectivity index is 1.50. The zero-order chi connectivity index (χ0) is 18.0. The number of halogens is 1. The van der Waals surface area contributed by atoms with Crippen LogP contribution in [0.25, 0.3) is 0 Å². The number of hydrogen-bond donors (Lipinski definition) is 0. The molecule has 2 fully saturated rings. The number of carbonyl (C=O) groups excluding carboxylic acids is 1. The maximum atomic E-state index is 12.4. The van der Waals surface area contributed by atoms with Gasteiger partial charge in [0, 0.05) is 38.4 Å². The summed E-state index contributed by atoms with van der Waals surface area (Å²) in [6, 6.07) is 0.762. The van der Waals surface area contributed by atoms with Crippen molar-refractivity contribution in [3.8, 4) is 0 Å². The zero-order valence-corrected chi connectivity index (χ0v) is 17.0. The van der Waals surface area contributed by atoms with Crippen molar-refractivity contribution in [2.75, 3.05) is 26.2 Å². The quantitative estimate of drug-likeness (QED) is 0.759. The Labute approximate surface area is 158 Å². The highest BCUT2D eigenvalue weighted by molar-refractivity contribution is 9.10. The van der Waals surface area contributed by atoms with Gasteiger partial charge in [0.1, 0.15) is 5.60 Å². The fourth-order valence-corrected chi connectivity index (χ4v) is 4.07. The summed E-state index contributed by atoms with van der Waals surface area (Å²) in [5, 5.41) is 4.42. The van der Waals surface area contributed by atoms with Gasteiger partial charge in [-0.15, -0.1) is 0 Å². The molecule has 3 heterocycles. The van der Waals surface area contributed by atoms with E-state index < -0.39 is 5.60 Å². The third-order valence-electron chi connectivity index (χ3n) is 4.98. The average Bonchev–Trinajstić information content (AvgIpc) is 3.15. The van der Waals surface area contributed by atoms with Crippen LogP contribution in [0, 0.1) is 0 Å². The van der Waals surface area contributed by atoms with E-state index in [1.807, 2.05) is 31.9 Å². The van der Waals surface area contributed by atoms with Gasteiger partial charge in [-0.05, 0) is 62.4 Å². The number of piperidine rings is 1. The Hall–Kier alpha value is -1.08. The summed E-state index contributed by atoms with van der Waals surface area (Å²) in [4.78, 5) is 16.8. The largest absolute Gasteiger partial charge is 0.444 e. The molecule has 2 aliphatic heterocycles. The summed E-state index contributed by atoms with van der Waals surface area (Å²) in [6.07, 6.45) is 8.10. The normalized spacial score (nSPS) is 23.2. The topological polar surface area (TPSA) is 50.6 Å². The maximum Gasteiger partial charge on any atom is 0.410 e. The van der Waals surface area contributed by atoms with E-state index in [1.165, 1.54) is 0 Å². The van der Waals surface area contributed by atoms with Crippen LogP contribution in [0.2, 0.25) is 0 Å². The first kappa shape index (κ1) is 18.7. The molecule has 0 bridgehead atoms. The summed E-state index contributed by atoms with van der Waals surface area (Å²) in [7, 11) is 0. The molecule has 140 valence electrons. The van der Waals surface area contributed by atoms with E-state index in [4.69, 9.17) is 4.74 Å². The van der Waals surface area contributed by atoms with E-state index in [0.29, 0.717) is 6.04 Å². The maximum absolute atomic E-state index is 12.4. The lowest BCUT2D eigenvalue weighted by Gasteiger charge is -2.36.